The molecule has 0 atom stereocenters. The second-order valence-electron chi connectivity index (χ2n) is 5.22. The van der Waals surface area contributed by atoms with Crippen LogP contribution in [0.2, 0.25) is 0 Å². The topological polar surface area (TPSA) is 53.5 Å². The molecule has 2 aromatic rings. The number of hydrazone groups is 1. The van der Waals surface area contributed by atoms with Gasteiger partial charge in [-0.25, -0.2) is 5.43 Å². The fourth-order valence-electron chi connectivity index (χ4n) is 2.19. The molecule has 0 unspecified atom stereocenters. The lowest BCUT2D eigenvalue weighted by Crippen LogP contribution is -2.27. The molecular weight excluding hydrogens is 274 g/mol. The Morgan fingerprint density at radius 1 is 1.00 bits per heavy atom. The molecule has 2 rings (SSSR count). The number of anilines is 1. The monoisotopic (exact) mass is 295 g/mol. The second-order valence-corrected chi connectivity index (χ2v) is 5.22. The third kappa shape index (κ3) is 4.19. The number of rotatable bonds is 5. The molecule has 4 nitrogen and oxygen atoms in total. The zero-order chi connectivity index (χ0) is 15.9. The molecule has 0 aromatic heterocycles. The van der Waals surface area contributed by atoms with Crippen LogP contribution < -0.4 is 10.7 Å². The zero-order valence-electron chi connectivity index (χ0n) is 13.2. The van der Waals surface area contributed by atoms with E-state index >= 15 is 0 Å². The predicted octanol–water partition coefficient (Wildman–Crippen LogP) is 3.26. The van der Waals surface area contributed by atoms with Crippen molar-refractivity contribution >= 4 is 17.3 Å². The lowest BCUT2D eigenvalue weighted by atomic mass is 10.1. The molecule has 0 aliphatic heterocycles. The molecule has 0 saturated carbocycles. The predicted molar refractivity (Wildman–Crippen MR) is 91.2 cm³/mol. The highest BCUT2D eigenvalue weighted by Crippen LogP contribution is 2.18. The van der Waals surface area contributed by atoms with Crippen molar-refractivity contribution in [1.82, 2.24) is 5.43 Å². The minimum absolute atomic E-state index is 0.169. The van der Waals surface area contributed by atoms with Gasteiger partial charge < -0.3 is 5.32 Å². The van der Waals surface area contributed by atoms with Gasteiger partial charge in [0.25, 0.3) is 5.91 Å². The third-order valence-electron chi connectivity index (χ3n) is 3.45. The first-order valence-corrected chi connectivity index (χ1v) is 7.26. The summed E-state index contributed by atoms with van der Waals surface area (Å²) in [7, 11) is 0. The van der Waals surface area contributed by atoms with Gasteiger partial charge in [-0.3, -0.25) is 4.79 Å². The lowest BCUT2D eigenvalue weighted by molar-refractivity contribution is -0.119. The van der Waals surface area contributed by atoms with E-state index in [-0.39, 0.29) is 12.5 Å². The molecule has 0 saturated heterocycles. The van der Waals surface area contributed by atoms with Crippen LogP contribution in [-0.4, -0.2) is 18.2 Å². The summed E-state index contributed by atoms with van der Waals surface area (Å²) < 4.78 is 0. The normalized spacial score (nSPS) is 11.1. The van der Waals surface area contributed by atoms with Gasteiger partial charge >= 0.3 is 0 Å². The first-order valence-electron chi connectivity index (χ1n) is 7.26. The Balaban J connectivity index is 1.91. The molecule has 0 aliphatic carbocycles. The molecule has 0 bridgehead atoms. The average molecular weight is 295 g/mol. The van der Waals surface area contributed by atoms with Crippen LogP contribution in [-0.2, 0) is 4.79 Å². The van der Waals surface area contributed by atoms with Crippen molar-refractivity contribution in [2.24, 2.45) is 5.10 Å². The smallest absolute Gasteiger partial charge is 0.259 e. The van der Waals surface area contributed by atoms with E-state index in [1.165, 1.54) is 0 Å². The number of aryl methyl sites for hydroxylation is 2. The van der Waals surface area contributed by atoms with Crippen molar-refractivity contribution in [1.29, 1.82) is 0 Å². The van der Waals surface area contributed by atoms with Gasteiger partial charge in [-0.2, -0.15) is 5.10 Å². The Labute approximate surface area is 131 Å². The van der Waals surface area contributed by atoms with Gasteiger partial charge in [0, 0.05) is 5.69 Å². The highest BCUT2D eigenvalue weighted by atomic mass is 16.2. The molecule has 0 spiro atoms. The maximum Gasteiger partial charge on any atom is 0.259 e. The van der Waals surface area contributed by atoms with E-state index < -0.39 is 0 Å². The van der Waals surface area contributed by atoms with Crippen LogP contribution in [0.1, 0.15) is 23.6 Å². The Morgan fingerprint density at radius 3 is 2.27 bits per heavy atom. The summed E-state index contributed by atoms with van der Waals surface area (Å²) >= 11 is 0. The van der Waals surface area contributed by atoms with Crippen molar-refractivity contribution in [3.63, 3.8) is 0 Å². The molecule has 2 N–H and O–H groups in total. The second kappa shape index (κ2) is 7.41. The number of carbonyl (C=O) groups is 1. The van der Waals surface area contributed by atoms with Gasteiger partial charge in [0.15, 0.2) is 0 Å². The minimum atomic E-state index is -0.169. The highest BCUT2D eigenvalue weighted by Gasteiger charge is 2.05. The summed E-state index contributed by atoms with van der Waals surface area (Å²) in [5, 5.41) is 7.29. The van der Waals surface area contributed by atoms with Gasteiger partial charge in [0.2, 0.25) is 0 Å². The molecule has 4 heteroatoms. The quantitative estimate of drug-likeness (QED) is 0.657. The summed E-state index contributed by atoms with van der Waals surface area (Å²) in [5.41, 5.74) is 7.59. The Morgan fingerprint density at radius 2 is 1.64 bits per heavy atom. The number of para-hydroxylation sites is 1. The SMILES string of the molecule is C/C(=N/NC(=O)CNc1c(C)cccc1C)c1ccccc1. The zero-order valence-corrected chi connectivity index (χ0v) is 13.2. The van der Waals surface area contributed by atoms with Crippen molar-refractivity contribution in [2.75, 3.05) is 11.9 Å². The lowest BCUT2D eigenvalue weighted by Gasteiger charge is -2.11. The first-order chi connectivity index (χ1) is 10.6. The number of carbonyl (C=O) groups excluding carboxylic acids is 1. The van der Waals surface area contributed by atoms with Crippen LogP contribution in [0.25, 0.3) is 0 Å². The molecule has 1 amide bonds. The maximum absolute atomic E-state index is 11.9. The number of nitrogens with zero attached hydrogens (tertiary/aromatic N) is 1. The standard InChI is InChI=1S/C18H21N3O/c1-13-8-7-9-14(2)18(13)19-12-17(22)21-20-15(3)16-10-5-4-6-11-16/h4-11,19H,12H2,1-3H3,(H,21,22)/b20-15-. The summed E-state index contributed by atoms with van der Waals surface area (Å²) in [6.07, 6.45) is 0. The summed E-state index contributed by atoms with van der Waals surface area (Å²) in [6.45, 7) is 6.10. The molecule has 0 radical (unpaired) electrons. The molecule has 0 aliphatic rings. The Kier molecular flexibility index (Phi) is 5.31. The third-order valence-corrected chi connectivity index (χ3v) is 3.45. The minimum Gasteiger partial charge on any atom is -0.376 e. The Bertz CT molecular complexity index is 658. The van der Waals surface area contributed by atoms with E-state index in [0.717, 1.165) is 28.1 Å². The Hall–Kier alpha value is -2.62. The number of amides is 1. The molecule has 2 aromatic carbocycles. The van der Waals surface area contributed by atoms with E-state index in [2.05, 4.69) is 15.8 Å². The van der Waals surface area contributed by atoms with E-state index in [4.69, 9.17) is 0 Å². The highest BCUT2D eigenvalue weighted by molar-refractivity contribution is 5.99. The van der Waals surface area contributed by atoms with Crippen molar-refractivity contribution in [3.05, 3.63) is 65.2 Å². The molecule has 22 heavy (non-hydrogen) atoms. The van der Waals surface area contributed by atoms with Gasteiger partial charge in [-0.15, -0.1) is 0 Å². The fourth-order valence-corrected chi connectivity index (χ4v) is 2.19. The van der Waals surface area contributed by atoms with Crippen LogP contribution in [0.3, 0.4) is 0 Å². The number of nitrogens with one attached hydrogen (secondary N) is 2. The summed E-state index contributed by atoms with van der Waals surface area (Å²) in [5.74, 6) is -0.169. The molecule has 114 valence electrons. The van der Waals surface area contributed by atoms with Crippen LogP contribution in [0.5, 0.6) is 0 Å². The van der Waals surface area contributed by atoms with Crippen molar-refractivity contribution in [2.45, 2.75) is 20.8 Å². The van der Waals surface area contributed by atoms with Crippen LogP contribution in [0.4, 0.5) is 5.69 Å². The van der Waals surface area contributed by atoms with Crippen molar-refractivity contribution in [3.8, 4) is 0 Å². The largest absolute Gasteiger partial charge is 0.376 e. The number of benzene rings is 2. The fraction of sp³-hybridized carbons (Fsp3) is 0.222. The van der Waals surface area contributed by atoms with Crippen LogP contribution >= 0.6 is 0 Å². The van der Waals surface area contributed by atoms with Crippen LogP contribution in [0, 0.1) is 13.8 Å². The molecule has 0 fully saturated rings. The van der Waals surface area contributed by atoms with Gasteiger partial charge in [0.05, 0.1) is 12.3 Å². The average Bonchev–Trinajstić information content (AvgIpc) is 2.53. The van der Waals surface area contributed by atoms with E-state index in [9.17, 15) is 4.79 Å². The van der Waals surface area contributed by atoms with E-state index in [1.807, 2.05) is 69.3 Å². The van der Waals surface area contributed by atoms with E-state index in [1.54, 1.807) is 0 Å². The van der Waals surface area contributed by atoms with Gasteiger partial charge in [0.1, 0.15) is 0 Å². The van der Waals surface area contributed by atoms with Gasteiger partial charge in [-0.05, 0) is 37.5 Å². The maximum atomic E-state index is 11.9. The summed E-state index contributed by atoms with van der Waals surface area (Å²) in [4.78, 5) is 11.9. The summed E-state index contributed by atoms with van der Waals surface area (Å²) in [6, 6.07) is 15.8. The molecule has 0 heterocycles. The van der Waals surface area contributed by atoms with Crippen molar-refractivity contribution < 1.29 is 4.79 Å². The first kappa shape index (κ1) is 15.8. The number of hydrogen-bond acceptors (Lipinski definition) is 3. The van der Waals surface area contributed by atoms with Crippen LogP contribution in [0.15, 0.2) is 53.6 Å². The molecular formula is C18H21N3O. The van der Waals surface area contributed by atoms with Gasteiger partial charge in [-0.1, -0.05) is 48.5 Å². The van der Waals surface area contributed by atoms with E-state index in [0.29, 0.717) is 0 Å². The number of hydrogen-bond donors (Lipinski definition) is 2.